The number of carbonyl (C=O) groups excluding carboxylic acids is 2. The van der Waals surface area contributed by atoms with Crippen LogP contribution in [-0.4, -0.2) is 50.4 Å². The number of rotatable bonds is 13. The molecule has 0 saturated carbocycles. The number of anilines is 1. The minimum absolute atomic E-state index is 0.0366. The van der Waals surface area contributed by atoms with Crippen LogP contribution in [0.5, 0.6) is 5.75 Å². The third-order valence-corrected chi connectivity index (χ3v) is 8.80. The number of amides is 2. The predicted octanol–water partition coefficient (Wildman–Crippen LogP) is 5.38. The molecule has 3 aromatic rings. The van der Waals surface area contributed by atoms with Crippen LogP contribution in [0.3, 0.4) is 0 Å². The average Bonchev–Trinajstić information content (AvgIpc) is 2.95. The molecule has 3 rings (SSSR count). The number of hydrogen-bond acceptors (Lipinski definition) is 5. The Morgan fingerprint density at radius 2 is 1.55 bits per heavy atom. The molecule has 1 N–H and O–H groups in total. The number of sulfonamides is 1. The summed E-state index contributed by atoms with van der Waals surface area (Å²) in [5.41, 5.74) is 1.12. The van der Waals surface area contributed by atoms with Gasteiger partial charge < -0.3 is 15.0 Å². The van der Waals surface area contributed by atoms with E-state index in [4.69, 9.17) is 4.74 Å². The van der Waals surface area contributed by atoms with Gasteiger partial charge in [0.2, 0.25) is 11.8 Å². The summed E-state index contributed by atoms with van der Waals surface area (Å²) in [4.78, 5) is 28.5. The number of hydrogen-bond donors (Lipinski definition) is 1. The van der Waals surface area contributed by atoms with E-state index in [2.05, 4.69) is 21.2 Å². The van der Waals surface area contributed by atoms with Crippen LogP contribution in [0.25, 0.3) is 0 Å². The Hall–Kier alpha value is -3.37. The van der Waals surface area contributed by atoms with Gasteiger partial charge in [0, 0.05) is 17.1 Å². The molecule has 8 nitrogen and oxygen atoms in total. The zero-order chi connectivity index (χ0) is 29.3. The molecule has 0 radical (unpaired) electrons. The largest absolute Gasteiger partial charge is 0.494 e. The summed E-state index contributed by atoms with van der Waals surface area (Å²) < 4.78 is 35.1. The summed E-state index contributed by atoms with van der Waals surface area (Å²) >= 11 is 3.34. The van der Waals surface area contributed by atoms with Crippen molar-refractivity contribution in [3.8, 4) is 5.75 Å². The van der Waals surface area contributed by atoms with Gasteiger partial charge in [-0.15, -0.1) is 0 Å². The fourth-order valence-electron chi connectivity index (χ4n) is 3.97. The normalized spacial score (nSPS) is 12.7. The van der Waals surface area contributed by atoms with Crippen LogP contribution < -0.4 is 14.4 Å². The second-order valence-corrected chi connectivity index (χ2v) is 12.2. The zero-order valence-corrected chi connectivity index (χ0v) is 25.6. The standard InChI is InChI=1S/C30H36BrN3O5S/c1-5-22(3)32-30(36)23(4)33(20-24-10-8-7-9-11-24)29(35)21-34(26-14-16-27(17-15-26)39-6-2)40(37,38)28-18-12-25(31)13-19-28/h7-19,22-23H,5-6,20-21H2,1-4H3,(H,32,36). The fraction of sp³-hybridized carbons (Fsp3) is 0.333. The molecule has 214 valence electrons. The lowest BCUT2D eigenvalue weighted by atomic mass is 10.1. The van der Waals surface area contributed by atoms with E-state index in [-0.39, 0.29) is 23.4 Å². The van der Waals surface area contributed by atoms with Gasteiger partial charge >= 0.3 is 0 Å². The third-order valence-electron chi connectivity index (χ3n) is 6.48. The van der Waals surface area contributed by atoms with Gasteiger partial charge in [-0.3, -0.25) is 13.9 Å². The van der Waals surface area contributed by atoms with Crippen molar-refractivity contribution in [3.05, 3.63) is 88.9 Å². The summed E-state index contributed by atoms with van der Waals surface area (Å²) in [7, 11) is -4.14. The maximum Gasteiger partial charge on any atom is 0.264 e. The molecular formula is C30H36BrN3O5S. The Labute approximate surface area is 245 Å². The van der Waals surface area contributed by atoms with Crippen molar-refractivity contribution >= 4 is 43.5 Å². The van der Waals surface area contributed by atoms with Crippen LogP contribution in [0.4, 0.5) is 5.69 Å². The van der Waals surface area contributed by atoms with Crippen LogP contribution >= 0.6 is 15.9 Å². The Kier molecular flexibility index (Phi) is 11.2. The topological polar surface area (TPSA) is 96.0 Å². The molecule has 2 amide bonds. The van der Waals surface area contributed by atoms with Gasteiger partial charge in [-0.1, -0.05) is 53.2 Å². The highest BCUT2D eigenvalue weighted by Gasteiger charge is 2.32. The molecule has 0 heterocycles. The van der Waals surface area contributed by atoms with E-state index in [9.17, 15) is 18.0 Å². The van der Waals surface area contributed by atoms with Gasteiger partial charge in [0.1, 0.15) is 18.3 Å². The highest BCUT2D eigenvalue weighted by molar-refractivity contribution is 9.10. The minimum Gasteiger partial charge on any atom is -0.494 e. The monoisotopic (exact) mass is 629 g/mol. The Balaban J connectivity index is 2.01. The molecule has 0 fully saturated rings. The maximum absolute atomic E-state index is 13.9. The fourth-order valence-corrected chi connectivity index (χ4v) is 5.64. The Morgan fingerprint density at radius 1 is 0.925 bits per heavy atom. The number of benzene rings is 3. The number of halogens is 1. The zero-order valence-electron chi connectivity index (χ0n) is 23.2. The van der Waals surface area contributed by atoms with Crippen molar-refractivity contribution in [3.63, 3.8) is 0 Å². The van der Waals surface area contributed by atoms with Gasteiger partial charge in [-0.05, 0) is 81.3 Å². The molecule has 2 atom stereocenters. The second kappa shape index (κ2) is 14.3. The third kappa shape index (κ3) is 8.08. The van der Waals surface area contributed by atoms with E-state index in [1.165, 1.54) is 17.0 Å². The maximum atomic E-state index is 13.9. The first-order chi connectivity index (χ1) is 19.1. The van der Waals surface area contributed by atoms with Gasteiger partial charge in [0.25, 0.3) is 10.0 Å². The molecule has 0 bridgehead atoms. The summed E-state index contributed by atoms with van der Waals surface area (Å²) in [6.07, 6.45) is 0.738. The van der Waals surface area contributed by atoms with Crippen LogP contribution in [-0.2, 0) is 26.2 Å². The number of nitrogens with one attached hydrogen (secondary N) is 1. The van der Waals surface area contributed by atoms with Gasteiger partial charge in [-0.25, -0.2) is 8.42 Å². The highest BCUT2D eigenvalue weighted by atomic mass is 79.9. The molecule has 0 aromatic heterocycles. The van der Waals surface area contributed by atoms with Crippen molar-refractivity contribution in [2.24, 2.45) is 0 Å². The first-order valence-electron chi connectivity index (χ1n) is 13.2. The predicted molar refractivity (Wildman–Crippen MR) is 161 cm³/mol. The molecule has 40 heavy (non-hydrogen) atoms. The van der Waals surface area contributed by atoms with Crippen LogP contribution in [0.15, 0.2) is 88.2 Å². The lowest BCUT2D eigenvalue weighted by Crippen LogP contribution is -2.52. The summed E-state index contributed by atoms with van der Waals surface area (Å²) in [6.45, 7) is 7.48. The smallest absolute Gasteiger partial charge is 0.264 e. The SMILES string of the molecule is CCOc1ccc(N(CC(=O)N(Cc2ccccc2)C(C)C(=O)NC(C)CC)S(=O)(=O)c2ccc(Br)cc2)cc1. The number of nitrogens with zero attached hydrogens (tertiary/aromatic N) is 2. The summed E-state index contributed by atoms with van der Waals surface area (Å²) in [6, 6.07) is 21.2. The summed E-state index contributed by atoms with van der Waals surface area (Å²) in [5.74, 6) is -0.230. The lowest BCUT2D eigenvalue weighted by Gasteiger charge is -2.32. The van der Waals surface area contributed by atoms with Crippen molar-refractivity contribution in [1.82, 2.24) is 10.2 Å². The van der Waals surface area contributed by atoms with E-state index in [0.717, 1.165) is 20.8 Å². The van der Waals surface area contributed by atoms with Gasteiger partial charge in [-0.2, -0.15) is 0 Å². The van der Waals surface area contributed by atoms with Crippen LogP contribution in [0.2, 0.25) is 0 Å². The highest BCUT2D eigenvalue weighted by Crippen LogP contribution is 2.27. The van der Waals surface area contributed by atoms with Crippen molar-refractivity contribution in [1.29, 1.82) is 0 Å². The molecule has 0 aliphatic heterocycles. The number of carbonyl (C=O) groups is 2. The van der Waals surface area contributed by atoms with E-state index in [1.807, 2.05) is 51.1 Å². The number of ether oxygens (including phenoxy) is 1. The second-order valence-electron chi connectivity index (χ2n) is 9.39. The van der Waals surface area contributed by atoms with Crippen LogP contribution in [0.1, 0.15) is 39.7 Å². The molecule has 0 aliphatic rings. The van der Waals surface area contributed by atoms with Crippen molar-refractivity contribution in [2.75, 3.05) is 17.5 Å². The Morgan fingerprint density at radius 3 is 2.12 bits per heavy atom. The first-order valence-corrected chi connectivity index (χ1v) is 15.4. The van der Waals surface area contributed by atoms with Gasteiger partial charge in [0.05, 0.1) is 17.2 Å². The Bertz CT molecular complexity index is 1370. The van der Waals surface area contributed by atoms with Gasteiger partial charge in [0.15, 0.2) is 0 Å². The molecule has 0 spiro atoms. The van der Waals surface area contributed by atoms with Crippen molar-refractivity contribution in [2.45, 2.75) is 57.6 Å². The van der Waals surface area contributed by atoms with Crippen molar-refractivity contribution < 1.29 is 22.7 Å². The first kappa shape index (κ1) is 31.2. The van der Waals surface area contributed by atoms with E-state index >= 15 is 0 Å². The summed E-state index contributed by atoms with van der Waals surface area (Å²) in [5, 5.41) is 2.93. The van der Waals surface area contributed by atoms with Crippen LogP contribution in [0, 0.1) is 0 Å². The molecular weight excluding hydrogens is 594 g/mol. The minimum atomic E-state index is -4.14. The average molecular weight is 631 g/mol. The lowest BCUT2D eigenvalue weighted by molar-refractivity contribution is -0.139. The van der Waals surface area contributed by atoms with E-state index in [0.29, 0.717) is 18.0 Å². The molecule has 10 heteroatoms. The molecule has 0 aliphatic carbocycles. The quantitative estimate of drug-likeness (QED) is 0.274. The molecule has 2 unspecified atom stereocenters. The van der Waals surface area contributed by atoms with E-state index < -0.39 is 28.5 Å². The molecule has 0 saturated heterocycles. The molecule has 3 aromatic carbocycles. The van der Waals surface area contributed by atoms with E-state index in [1.54, 1.807) is 43.3 Å².